The molecular formula is C9H12BrNS. The summed E-state index contributed by atoms with van der Waals surface area (Å²) >= 11 is 5.40. The molecule has 0 fully saturated rings. The summed E-state index contributed by atoms with van der Waals surface area (Å²) in [4.78, 5) is 1.54. The van der Waals surface area contributed by atoms with E-state index in [4.69, 9.17) is 5.73 Å². The highest BCUT2D eigenvalue weighted by Crippen LogP contribution is 2.38. The van der Waals surface area contributed by atoms with E-state index in [-0.39, 0.29) is 0 Å². The lowest BCUT2D eigenvalue weighted by molar-refractivity contribution is 0.567. The van der Waals surface area contributed by atoms with Gasteiger partial charge in [-0.25, -0.2) is 0 Å². The standard InChI is InChI=1S/C9H12BrNS/c10-9-4-7-6(5-11)2-1-3-8(7)12-9/h4,6H,1-3,5,11H2. The van der Waals surface area contributed by atoms with Gasteiger partial charge < -0.3 is 5.73 Å². The van der Waals surface area contributed by atoms with Gasteiger partial charge in [0.1, 0.15) is 0 Å². The van der Waals surface area contributed by atoms with Gasteiger partial charge in [-0.2, -0.15) is 0 Å². The Bertz CT molecular complexity index is 282. The van der Waals surface area contributed by atoms with Crippen molar-refractivity contribution in [2.24, 2.45) is 5.73 Å². The van der Waals surface area contributed by atoms with Gasteiger partial charge in [0.2, 0.25) is 0 Å². The van der Waals surface area contributed by atoms with Crippen LogP contribution in [0.4, 0.5) is 0 Å². The molecule has 0 spiro atoms. The smallest absolute Gasteiger partial charge is 0.0704 e. The molecule has 12 heavy (non-hydrogen) atoms. The number of hydrogen-bond donors (Lipinski definition) is 1. The Kier molecular flexibility index (Phi) is 2.53. The molecule has 0 aromatic carbocycles. The molecule has 3 heteroatoms. The largest absolute Gasteiger partial charge is 0.330 e. The summed E-state index contributed by atoms with van der Waals surface area (Å²) in [6.45, 7) is 0.802. The van der Waals surface area contributed by atoms with Crippen LogP contribution in [0, 0.1) is 0 Å². The number of halogens is 1. The van der Waals surface area contributed by atoms with E-state index in [1.165, 1.54) is 28.6 Å². The van der Waals surface area contributed by atoms with E-state index >= 15 is 0 Å². The number of aryl methyl sites for hydroxylation is 1. The maximum Gasteiger partial charge on any atom is 0.0704 e. The van der Waals surface area contributed by atoms with Gasteiger partial charge in [-0.05, 0) is 59.3 Å². The number of rotatable bonds is 1. The lowest BCUT2D eigenvalue weighted by Crippen LogP contribution is -2.16. The number of fused-ring (bicyclic) bond motifs is 1. The van der Waals surface area contributed by atoms with Crippen molar-refractivity contribution < 1.29 is 0 Å². The fourth-order valence-corrected chi connectivity index (χ4v) is 3.70. The molecule has 1 aliphatic rings. The average molecular weight is 246 g/mol. The summed E-state index contributed by atoms with van der Waals surface area (Å²) in [5.41, 5.74) is 7.22. The molecule has 0 saturated heterocycles. The van der Waals surface area contributed by atoms with Crippen molar-refractivity contribution in [3.05, 3.63) is 20.3 Å². The van der Waals surface area contributed by atoms with Crippen molar-refractivity contribution in [1.29, 1.82) is 0 Å². The zero-order valence-electron chi connectivity index (χ0n) is 6.85. The zero-order chi connectivity index (χ0) is 8.55. The molecule has 0 aliphatic heterocycles. The van der Waals surface area contributed by atoms with E-state index in [1.807, 2.05) is 11.3 Å². The van der Waals surface area contributed by atoms with Crippen molar-refractivity contribution in [1.82, 2.24) is 0 Å². The maximum atomic E-state index is 5.72. The molecule has 0 saturated carbocycles. The fraction of sp³-hybridized carbons (Fsp3) is 0.556. The van der Waals surface area contributed by atoms with Gasteiger partial charge in [0, 0.05) is 4.88 Å². The first-order valence-electron chi connectivity index (χ1n) is 4.29. The SMILES string of the molecule is NCC1CCCc2sc(Br)cc21. The minimum Gasteiger partial charge on any atom is -0.330 e. The summed E-state index contributed by atoms with van der Waals surface area (Å²) < 4.78 is 1.26. The minimum absolute atomic E-state index is 0.622. The van der Waals surface area contributed by atoms with Crippen molar-refractivity contribution in [2.45, 2.75) is 25.2 Å². The minimum atomic E-state index is 0.622. The first kappa shape index (κ1) is 8.73. The summed E-state index contributed by atoms with van der Waals surface area (Å²) in [5, 5.41) is 0. The van der Waals surface area contributed by atoms with Gasteiger partial charge in [0.15, 0.2) is 0 Å². The average Bonchev–Trinajstić information content (AvgIpc) is 2.44. The van der Waals surface area contributed by atoms with E-state index in [2.05, 4.69) is 22.0 Å². The van der Waals surface area contributed by atoms with Crippen LogP contribution in [-0.4, -0.2) is 6.54 Å². The van der Waals surface area contributed by atoms with Gasteiger partial charge in [-0.15, -0.1) is 11.3 Å². The Morgan fingerprint density at radius 2 is 2.50 bits per heavy atom. The second-order valence-corrected chi connectivity index (χ2v) is 5.77. The quantitative estimate of drug-likeness (QED) is 0.810. The zero-order valence-corrected chi connectivity index (χ0v) is 9.25. The fourth-order valence-electron chi connectivity index (χ4n) is 1.86. The lowest BCUT2D eigenvalue weighted by Gasteiger charge is -2.20. The molecule has 1 aromatic heterocycles. The van der Waals surface area contributed by atoms with Crippen LogP contribution in [0.1, 0.15) is 29.2 Å². The second kappa shape index (κ2) is 3.48. The monoisotopic (exact) mass is 245 g/mol. The van der Waals surface area contributed by atoms with Gasteiger partial charge >= 0.3 is 0 Å². The van der Waals surface area contributed by atoms with E-state index in [1.54, 1.807) is 4.88 Å². The van der Waals surface area contributed by atoms with Crippen LogP contribution in [0.3, 0.4) is 0 Å². The molecular weight excluding hydrogens is 234 g/mol. The van der Waals surface area contributed by atoms with Gasteiger partial charge in [-0.1, -0.05) is 0 Å². The predicted molar refractivity (Wildman–Crippen MR) is 56.8 cm³/mol. The van der Waals surface area contributed by atoms with E-state index in [9.17, 15) is 0 Å². The molecule has 1 nitrogen and oxygen atoms in total. The highest BCUT2D eigenvalue weighted by Gasteiger charge is 2.20. The number of thiophene rings is 1. The Morgan fingerprint density at radius 1 is 1.67 bits per heavy atom. The molecule has 1 heterocycles. The summed E-state index contributed by atoms with van der Waals surface area (Å²) in [6, 6.07) is 2.25. The molecule has 2 rings (SSSR count). The van der Waals surface area contributed by atoms with Gasteiger partial charge in [0.25, 0.3) is 0 Å². The number of hydrogen-bond acceptors (Lipinski definition) is 2. The Hall–Kier alpha value is 0.140. The van der Waals surface area contributed by atoms with E-state index in [0.717, 1.165) is 6.54 Å². The molecule has 1 aromatic rings. The van der Waals surface area contributed by atoms with Gasteiger partial charge in [-0.3, -0.25) is 0 Å². The molecule has 0 radical (unpaired) electrons. The van der Waals surface area contributed by atoms with Crippen LogP contribution >= 0.6 is 27.3 Å². The van der Waals surface area contributed by atoms with Crippen LogP contribution in [0.2, 0.25) is 0 Å². The first-order chi connectivity index (χ1) is 5.81. The molecule has 1 unspecified atom stereocenters. The molecule has 66 valence electrons. The van der Waals surface area contributed by atoms with Crippen molar-refractivity contribution in [3.63, 3.8) is 0 Å². The Labute approximate surface area is 85.1 Å². The van der Waals surface area contributed by atoms with Gasteiger partial charge in [0.05, 0.1) is 3.79 Å². The summed E-state index contributed by atoms with van der Waals surface area (Å²) in [5.74, 6) is 0.622. The van der Waals surface area contributed by atoms with Crippen LogP contribution in [0.25, 0.3) is 0 Å². The molecule has 2 N–H and O–H groups in total. The third-order valence-corrected chi connectivity index (χ3v) is 4.21. The Morgan fingerprint density at radius 3 is 3.25 bits per heavy atom. The third kappa shape index (κ3) is 1.45. The van der Waals surface area contributed by atoms with Crippen molar-refractivity contribution in [3.8, 4) is 0 Å². The molecule has 1 atom stereocenters. The second-order valence-electron chi connectivity index (χ2n) is 3.25. The van der Waals surface area contributed by atoms with Crippen LogP contribution in [0.5, 0.6) is 0 Å². The van der Waals surface area contributed by atoms with Crippen LogP contribution in [-0.2, 0) is 6.42 Å². The third-order valence-electron chi connectivity index (χ3n) is 2.49. The molecule has 0 bridgehead atoms. The normalized spacial score (nSPS) is 22.3. The summed E-state index contributed by atoms with van der Waals surface area (Å²) in [6.07, 6.45) is 3.83. The first-order valence-corrected chi connectivity index (χ1v) is 5.90. The van der Waals surface area contributed by atoms with Crippen LogP contribution in [0.15, 0.2) is 9.85 Å². The van der Waals surface area contributed by atoms with Crippen molar-refractivity contribution >= 4 is 27.3 Å². The Balaban J connectivity index is 2.36. The highest BCUT2D eigenvalue weighted by atomic mass is 79.9. The van der Waals surface area contributed by atoms with Crippen molar-refractivity contribution in [2.75, 3.05) is 6.54 Å². The maximum absolute atomic E-state index is 5.72. The van der Waals surface area contributed by atoms with E-state index < -0.39 is 0 Å². The van der Waals surface area contributed by atoms with E-state index in [0.29, 0.717) is 5.92 Å². The predicted octanol–water partition coefficient (Wildman–Crippen LogP) is 2.89. The molecule has 0 amide bonds. The lowest BCUT2D eigenvalue weighted by atomic mass is 9.88. The van der Waals surface area contributed by atoms with Crippen LogP contribution < -0.4 is 5.73 Å². The summed E-state index contributed by atoms with van der Waals surface area (Å²) in [7, 11) is 0. The highest BCUT2D eigenvalue weighted by molar-refractivity contribution is 9.11. The topological polar surface area (TPSA) is 26.0 Å². The number of nitrogens with two attached hydrogens (primary N) is 1. The molecule has 1 aliphatic carbocycles.